The molecule has 1 unspecified atom stereocenters. The van der Waals surface area contributed by atoms with Gasteiger partial charge < -0.3 is 5.11 Å². The third-order valence-electron chi connectivity index (χ3n) is 2.86. The number of rotatable bonds is 6. The van der Waals surface area contributed by atoms with Crippen molar-refractivity contribution in [2.24, 2.45) is 0 Å². The summed E-state index contributed by atoms with van der Waals surface area (Å²) in [5.41, 5.74) is -0.616. The van der Waals surface area contributed by atoms with E-state index in [4.69, 9.17) is 0 Å². The monoisotopic (exact) mass is 211 g/mol. The average Bonchev–Trinajstić information content (AvgIpc) is 2.65. The average molecular weight is 211 g/mol. The number of hydrogen-bond acceptors (Lipinski definition) is 3. The normalized spacial score (nSPS) is 15.2. The molecule has 4 heteroatoms. The molecule has 15 heavy (non-hydrogen) atoms. The number of hydrogen-bond donors (Lipinski definition) is 1. The van der Waals surface area contributed by atoms with E-state index in [1.807, 2.05) is 18.5 Å². The number of aliphatic hydroxyl groups is 1. The summed E-state index contributed by atoms with van der Waals surface area (Å²) in [4.78, 5) is 4.19. The Morgan fingerprint density at radius 2 is 2.13 bits per heavy atom. The molecule has 0 radical (unpaired) electrons. The van der Waals surface area contributed by atoms with Gasteiger partial charge in [0.1, 0.15) is 12.2 Å². The molecule has 4 nitrogen and oxygen atoms in total. The molecule has 1 rings (SSSR count). The number of nitrogens with zero attached hydrogens (tertiary/aromatic N) is 3. The minimum atomic E-state index is -0.616. The van der Waals surface area contributed by atoms with Gasteiger partial charge in [0.05, 0.1) is 5.60 Å². The third-order valence-corrected chi connectivity index (χ3v) is 2.86. The Morgan fingerprint density at radius 3 is 2.67 bits per heavy atom. The summed E-state index contributed by atoms with van der Waals surface area (Å²) < 4.78 is 1.84. The Balaban J connectivity index is 2.74. The van der Waals surface area contributed by atoms with Gasteiger partial charge in [0.2, 0.25) is 0 Å². The smallest absolute Gasteiger partial charge is 0.138 e. The zero-order valence-electron chi connectivity index (χ0n) is 9.90. The summed E-state index contributed by atoms with van der Waals surface area (Å²) in [6.45, 7) is 6.94. The summed E-state index contributed by atoms with van der Waals surface area (Å²) in [5, 5.41) is 14.4. The van der Waals surface area contributed by atoms with E-state index in [1.165, 1.54) is 0 Å². The molecule has 1 N–H and O–H groups in total. The minimum Gasteiger partial charge on any atom is -0.389 e. The standard InChI is InChI=1S/C11H21N3O/c1-4-7-11(15,5-2)8-10-12-9-13-14(10)6-3/h9,15H,4-8H2,1-3H3. The Hall–Kier alpha value is -0.900. The molecule has 0 fully saturated rings. The maximum atomic E-state index is 10.3. The molecular formula is C11H21N3O. The first-order valence-electron chi connectivity index (χ1n) is 5.74. The van der Waals surface area contributed by atoms with Crippen molar-refractivity contribution in [1.82, 2.24) is 14.8 Å². The van der Waals surface area contributed by atoms with Crippen molar-refractivity contribution >= 4 is 0 Å². The Bertz CT molecular complexity index is 298. The molecule has 0 saturated carbocycles. The van der Waals surface area contributed by atoms with Crippen LogP contribution in [0.1, 0.15) is 45.9 Å². The second kappa shape index (κ2) is 5.26. The van der Waals surface area contributed by atoms with E-state index in [9.17, 15) is 5.11 Å². The maximum absolute atomic E-state index is 10.3. The van der Waals surface area contributed by atoms with Gasteiger partial charge in [-0.2, -0.15) is 5.10 Å². The molecule has 0 spiro atoms. The van der Waals surface area contributed by atoms with E-state index in [-0.39, 0.29) is 0 Å². The topological polar surface area (TPSA) is 50.9 Å². The molecule has 1 heterocycles. The van der Waals surface area contributed by atoms with Crippen molar-refractivity contribution < 1.29 is 5.11 Å². The quantitative estimate of drug-likeness (QED) is 0.780. The van der Waals surface area contributed by atoms with E-state index in [0.29, 0.717) is 6.42 Å². The lowest BCUT2D eigenvalue weighted by Crippen LogP contribution is -2.31. The van der Waals surface area contributed by atoms with Gasteiger partial charge in [0.25, 0.3) is 0 Å². The van der Waals surface area contributed by atoms with Crippen LogP contribution >= 0.6 is 0 Å². The molecule has 0 aliphatic heterocycles. The summed E-state index contributed by atoms with van der Waals surface area (Å²) >= 11 is 0. The molecular weight excluding hydrogens is 190 g/mol. The zero-order chi connectivity index (χ0) is 11.3. The third kappa shape index (κ3) is 3.02. The predicted octanol–water partition coefficient (Wildman–Crippen LogP) is 1.78. The molecule has 0 bridgehead atoms. The second-order valence-electron chi connectivity index (χ2n) is 4.00. The summed E-state index contributed by atoms with van der Waals surface area (Å²) in [7, 11) is 0. The molecule has 0 aliphatic rings. The fraction of sp³-hybridized carbons (Fsp3) is 0.818. The van der Waals surface area contributed by atoms with Gasteiger partial charge in [-0.05, 0) is 19.8 Å². The highest BCUT2D eigenvalue weighted by atomic mass is 16.3. The van der Waals surface area contributed by atoms with Gasteiger partial charge in [-0.3, -0.25) is 4.68 Å². The van der Waals surface area contributed by atoms with Crippen LogP contribution in [0.5, 0.6) is 0 Å². The lowest BCUT2D eigenvalue weighted by Gasteiger charge is -2.25. The molecule has 1 atom stereocenters. The van der Waals surface area contributed by atoms with Gasteiger partial charge >= 0.3 is 0 Å². The first-order valence-corrected chi connectivity index (χ1v) is 5.74. The highest BCUT2D eigenvalue weighted by Crippen LogP contribution is 2.21. The van der Waals surface area contributed by atoms with Crippen molar-refractivity contribution in [2.45, 2.75) is 58.6 Å². The van der Waals surface area contributed by atoms with E-state index < -0.39 is 5.60 Å². The van der Waals surface area contributed by atoms with Crippen LogP contribution in [0, 0.1) is 0 Å². The molecule has 0 amide bonds. The molecule has 0 aliphatic carbocycles. The first kappa shape index (κ1) is 12.2. The first-order chi connectivity index (χ1) is 7.15. The van der Waals surface area contributed by atoms with E-state index in [0.717, 1.165) is 31.6 Å². The van der Waals surface area contributed by atoms with Crippen LogP contribution in [0.2, 0.25) is 0 Å². The van der Waals surface area contributed by atoms with Gasteiger partial charge in [-0.15, -0.1) is 0 Å². The molecule has 0 saturated heterocycles. The summed E-state index contributed by atoms with van der Waals surface area (Å²) in [5.74, 6) is 0.885. The van der Waals surface area contributed by atoms with Crippen LogP contribution in [-0.2, 0) is 13.0 Å². The minimum absolute atomic E-state index is 0.602. The van der Waals surface area contributed by atoms with Crippen LogP contribution < -0.4 is 0 Å². The van der Waals surface area contributed by atoms with E-state index in [2.05, 4.69) is 17.0 Å². The van der Waals surface area contributed by atoms with Crippen LogP contribution in [0.4, 0.5) is 0 Å². The lowest BCUT2D eigenvalue weighted by atomic mass is 9.91. The highest BCUT2D eigenvalue weighted by molar-refractivity contribution is 4.94. The largest absolute Gasteiger partial charge is 0.389 e. The van der Waals surface area contributed by atoms with Crippen LogP contribution in [0.25, 0.3) is 0 Å². The fourth-order valence-corrected chi connectivity index (χ4v) is 1.84. The van der Waals surface area contributed by atoms with Gasteiger partial charge in [-0.1, -0.05) is 20.3 Å². The Labute approximate surface area is 91.3 Å². The van der Waals surface area contributed by atoms with Crippen LogP contribution in [0.15, 0.2) is 6.33 Å². The fourth-order valence-electron chi connectivity index (χ4n) is 1.84. The van der Waals surface area contributed by atoms with Crippen molar-refractivity contribution in [1.29, 1.82) is 0 Å². The van der Waals surface area contributed by atoms with Crippen molar-refractivity contribution in [3.05, 3.63) is 12.2 Å². The van der Waals surface area contributed by atoms with Crippen molar-refractivity contribution in [3.63, 3.8) is 0 Å². The highest BCUT2D eigenvalue weighted by Gasteiger charge is 2.26. The number of aryl methyl sites for hydroxylation is 1. The van der Waals surface area contributed by atoms with E-state index >= 15 is 0 Å². The van der Waals surface area contributed by atoms with Gasteiger partial charge in [0, 0.05) is 13.0 Å². The van der Waals surface area contributed by atoms with E-state index in [1.54, 1.807) is 6.33 Å². The van der Waals surface area contributed by atoms with Gasteiger partial charge in [-0.25, -0.2) is 4.98 Å². The predicted molar refractivity (Wildman–Crippen MR) is 59.5 cm³/mol. The zero-order valence-corrected chi connectivity index (χ0v) is 9.90. The lowest BCUT2D eigenvalue weighted by molar-refractivity contribution is 0.0242. The summed E-state index contributed by atoms with van der Waals surface area (Å²) in [6, 6.07) is 0. The second-order valence-corrected chi connectivity index (χ2v) is 4.00. The summed E-state index contributed by atoms with van der Waals surface area (Å²) in [6.07, 6.45) is 4.73. The molecule has 0 aromatic carbocycles. The maximum Gasteiger partial charge on any atom is 0.138 e. The van der Waals surface area contributed by atoms with Crippen LogP contribution in [0.3, 0.4) is 0 Å². The van der Waals surface area contributed by atoms with Gasteiger partial charge in [0.15, 0.2) is 0 Å². The van der Waals surface area contributed by atoms with Crippen molar-refractivity contribution in [2.75, 3.05) is 0 Å². The van der Waals surface area contributed by atoms with Crippen molar-refractivity contribution in [3.8, 4) is 0 Å². The van der Waals surface area contributed by atoms with Crippen LogP contribution in [-0.4, -0.2) is 25.5 Å². The molecule has 1 aromatic heterocycles. The Morgan fingerprint density at radius 1 is 1.40 bits per heavy atom. The SMILES string of the molecule is CCCC(O)(CC)Cc1ncnn1CC. The molecule has 1 aromatic rings. The number of aromatic nitrogens is 3. The molecule has 86 valence electrons. The Kier molecular flexibility index (Phi) is 4.27.